The van der Waals surface area contributed by atoms with Crippen molar-refractivity contribution in [1.82, 2.24) is 10.6 Å². The molecular weight excluding hydrogens is 222 g/mol. The van der Waals surface area contributed by atoms with Crippen LogP contribution in [0.4, 0.5) is 0 Å². The third-order valence-corrected chi connectivity index (χ3v) is 2.90. The Morgan fingerprint density at radius 1 is 1.44 bits per heavy atom. The van der Waals surface area contributed by atoms with E-state index in [2.05, 4.69) is 36.8 Å². The van der Waals surface area contributed by atoms with Crippen LogP contribution in [0.25, 0.3) is 0 Å². The van der Waals surface area contributed by atoms with Gasteiger partial charge < -0.3 is 10.6 Å². The van der Waals surface area contributed by atoms with Gasteiger partial charge in [-0.05, 0) is 37.0 Å². The maximum atomic E-state index is 7.91. The fourth-order valence-corrected chi connectivity index (χ4v) is 1.64. The van der Waals surface area contributed by atoms with Crippen LogP contribution >= 0.6 is 0 Å². The summed E-state index contributed by atoms with van der Waals surface area (Å²) < 4.78 is 0. The Kier molecular flexibility index (Phi) is 5.18. The lowest BCUT2D eigenvalue weighted by atomic mass is 9.99. The summed E-state index contributed by atoms with van der Waals surface area (Å²) in [5, 5.41) is 14.0. The Morgan fingerprint density at radius 3 is 2.72 bits per heavy atom. The molecule has 0 amide bonds. The van der Waals surface area contributed by atoms with Crippen molar-refractivity contribution in [3.05, 3.63) is 60.5 Å². The minimum absolute atomic E-state index is 0.250. The quantitative estimate of drug-likeness (QED) is 0.403. The normalized spacial score (nSPS) is 19.4. The molecule has 1 unspecified atom stereocenters. The third kappa shape index (κ3) is 3.77. The van der Waals surface area contributed by atoms with Crippen LogP contribution in [0.2, 0.25) is 0 Å². The van der Waals surface area contributed by atoms with Crippen molar-refractivity contribution in [3.63, 3.8) is 0 Å². The maximum Gasteiger partial charge on any atom is 0.197 e. The van der Waals surface area contributed by atoms with Gasteiger partial charge in [-0.2, -0.15) is 0 Å². The summed E-state index contributed by atoms with van der Waals surface area (Å²) in [6.07, 6.45) is 10.6. The molecule has 0 radical (unpaired) electrons. The van der Waals surface area contributed by atoms with Crippen molar-refractivity contribution in [2.45, 2.75) is 20.3 Å². The summed E-state index contributed by atoms with van der Waals surface area (Å²) in [7, 11) is 0. The van der Waals surface area contributed by atoms with Gasteiger partial charge in [0.05, 0.1) is 0 Å². The SMILES string of the molecule is C=C/C(C)=C(\C=C)NC(=N)NC1=CC=CCC1C. The van der Waals surface area contributed by atoms with E-state index >= 15 is 0 Å². The fraction of sp³-hybridized carbons (Fsp3) is 0.267. The number of rotatable bonds is 4. The molecule has 0 aromatic carbocycles. The van der Waals surface area contributed by atoms with E-state index in [4.69, 9.17) is 5.41 Å². The largest absolute Gasteiger partial charge is 0.330 e. The second kappa shape index (κ2) is 6.64. The van der Waals surface area contributed by atoms with Crippen LogP contribution in [0.1, 0.15) is 20.3 Å². The second-order valence-electron chi connectivity index (χ2n) is 4.32. The zero-order valence-corrected chi connectivity index (χ0v) is 11.1. The minimum Gasteiger partial charge on any atom is -0.330 e. The molecule has 1 atom stereocenters. The van der Waals surface area contributed by atoms with Crippen LogP contribution in [0.15, 0.2) is 60.5 Å². The molecule has 0 aliphatic heterocycles. The van der Waals surface area contributed by atoms with E-state index in [9.17, 15) is 0 Å². The number of allylic oxidation sites excluding steroid dienone is 7. The van der Waals surface area contributed by atoms with Gasteiger partial charge in [0.15, 0.2) is 5.96 Å². The van der Waals surface area contributed by atoms with Gasteiger partial charge in [0.1, 0.15) is 0 Å². The smallest absolute Gasteiger partial charge is 0.197 e. The van der Waals surface area contributed by atoms with E-state index in [1.165, 1.54) is 0 Å². The number of hydrogen-bond donors (Lipinski definition) is 3. The molecule has 0 heterocycles. The maximum absolute atomic E-state index is 7.91. The van der Waals surface area contributed by atoms with Gasteiger partial charge in [0, 0.05) is 11.4 Å². The molecule has 0 bridgehead atoms. The van der Waals surface area contributed by atoms with E-state index in [0.717, 1.165) is 23.4 Å². The molecule has 3 nitrogen and oxygen atoms in total. The first kappa shape index (κ1) is 14.0. The molecule has 0 aromatic heterocycles. The number of hydrogen-bond acceptors (Lipinski definition) is 1. The van der Waals surface area contributed by atoms with Crippen LogP contribution in [0.3, 0.4) is 0 Å². The summed E-state index contributed by atoms with van der Waals surface area (Å²) in [5.74, 6) is 0.660. The molecule has 0 fully saturated rings. The van der Waals surface area contributed by atoms with Gasteiger partial charge in [-0.3, -0.25) is 5.41 Å². The second-order valence-corrected chi connectivity index (χ2v) is 4.32. The fourth-order valence-electron chi connectivity index (χ4n) is 1.64. The van der Waals surface area contributed by atoms with Crippen molar-refractivity contribution >= 4 is 5.96 Å². The lowest BCUT2D eigenvalue weighted by Crippen LogP contribution is -2.37. The van der Waals surface area contributed by atoms with Gasteiger partial charge in [-0.25, -0.2) is 0 Å². The lowest BCUT2D eigenvalue weighted by Gasteiger charge is -2.20. The zero-order chi connectivity index (χ0) is 13.5. The summed E-state index contributed by atoms with van der Waals surface area (Å²) >= 11 is 0. The standard InChI is InChI=1S/C15H21N3/c1-5-11(3)13(6-2)17-15(16)18-14-10-8-7-9-12(14)4/h5-8,10,12H,1-2,9H2,3-4H3,(H3,16,17,18)/b13-11+. The van der Waals surface area contributed by atoms with Crippen molar-refractivity contribution in [3.8, 4) is 0 Å². The van der Waals surface area contributed by atoms with Gasteiger partial charge in [-0.15, -0.1) is 0 Å². The van der Waals surface area contributed by atoms with Crippen LogP contribution < -0.4 is 10.6 Å². The summed E-state index contributed by atoms with van der Waals surface area (Å²) in [6.45, 7) is 11.5. The molecule has 3 N–H and O–H groups in total. The molecule has 1 rings (SSSR count). The molecular formula is C15H21N3. The summed E-state index contributed by atoms with van der Waals surface area (Å²) in [4.78, 5) is 0. The van der Waals surface area contributed by atoms with Gasteiger partial charge in [0.2, 0.25) is 0 Å². The van der Waals surface area contributed by atoms with E-state index < -0.39 is 0 Å². The zero-order valence-electron chi connectivity index (χ0n) is 11.1. The highest BCUT2D eigenvalue weighted by Crippen LogP contribution is 2.16. The first-order valence-corrected chi connectivity index (χ1v) is 6.03. The highest BCUT2D eigenvalue weighted by molar-refractivity contribution is 5.81. The molecule has 0 saturated carbocycles. The molecule has 1 aliphatic carbocycles. The predicted molar refractivity (Wildman–Crippen MR) is 78.1 cm³/mol. The van der Waals surface area contributed by atoms with E-state index in [0.29, 0.717) is 5.92 Å². The van der Waals surface area contributed by atoms with E-state index in [1.807, 2.05) is 19.1 Å². The van der Waals surface area contributed by atoms with Crippen LogP contribution in [-0.2, 0) is 0 Å². The monoisotopic (exact) mass is 243 g/mol. The van der Waals surface area contributed by atoms with Crippen LogP contribution in [-0.4, -0.2) is 5.96 Å². The van der Waals surface area contributed by atoms with E-state index in [1.54, 1.807) is 12.2 Å². The molecule has 96 valence electrons. The Hall–Kier alpha value is -2.03. The summed E-state index contributed by atoms with van der Waals surface area (Å²) in [6, 6.07) is 0. The van der Waals surface area contributed by atoms with Gasteiger partial charge in [0.25, 0.3) is 0 Å². The van der Waals surface area contributed by atoms with Crippen molar-refractivity contribution < 1.29 is 0 Å². The Labute approximate surface area is 109 Å². The van der Waals surface area contributed by atoms with Crippen molar-refractivity contribution in [2.24, 2.45) is 5.92 Å². The highest BCUT2D eigenvalue weighted by Gasteiger charge is 2.11. The molecule has 1 aliphatic rings. The number of guanidine groups is 1. The van der Waals surface area contributed by atoms with Crippen LogP contribution in [0.5, 0.6) is 0 Å². The first-order chi connectivity index (χ1) is 8.58. The minimum atomic E-state index is 0.250. The first-order valence-electron chi connectivity index (χ1n) is 6.03. The Bertz CT molecular complexity index is 439. The average Bonchev–Trinajstić information content (AvgIpc) is 2.37. The van der Waals surface area contributed by atoms with Crippen molar-refractivity contribution in [2.75, 3.05) is 0 Å². The molecule has 0 saturated heterocycles. The Morgan fingerprint density at radius 2 is 2.17 bits per heavy atom. The highest BCUT2D eigenvalue weighted by atomic mass is 15.1. The van der Waals surface area contributed by atoms with E-state index in [-0.39, 0.29) is 5.96 Å². The molecule has 0 spiro atoms. The van der Waals surface area contributed by atoms with Gasteiger partial charge >= 0.3 is 0 Å². The number of nitrogens with one attached hydrogen (secondary N) is 3. The summed E-state index contributed by atoms with van der Waals surface area (Å²) in [5.41, 5.74) is 2.80. The predicted octanol–water partition coefficient (Wildman–Crippen LogP) is 3.23. The van der Waals surface area contributed by atoms with Gasteiger partial charge in [-0.1, -0.05) is 38.3 Å². The average molecular weight is 243 g/mol. The van der Waals surface area contributed by atoms with Crippen molar-refractivity contribution in [1.29, 1.82) is 5.41 Å². The molecule has 18 heavy (non-hydrogen) atoms. The van der Waals surface area contributed by atoms with Crippen LogP contribution in [0, 0.1) is 11.3 Å². The third-order valence-electron chi connectivity index (χ3n) is 2.90. The Balaban J connectivity index is 2.67. The lowest BCUT2D eigenvalue weighted by molar-refractivity contribution is 0.650. The molecule has 0 aromatic rings. The molecule has 3 heteroatoms. The topological polar surface area (TPSA) is 47.9 Å².